The molecule has 1 heterocycles. The van der Waals surface area contributed by atoms with Crippen molar-refractivity contribution in [3.8, 4) is 5.75 Å². The Morgan fingerprint density at radius 2 is 2.27 bits per heavy atom. The van der Waals surface area contributed by atoms with Gasteiger partial charge in [0.1, 0.15) is 5.75 Å². The second kappa shape index (κ2) is 3.26. The van der Waals surface area contributed by atoms with Crippen LogP contribution in [0.15, 0.2) is 24.4 Å². The van der Waals surface area contributed by atoms with Crippen LogP contribution in [0, 0.1) is 0 Å². The third-order valence-electron chi connectivity index (χ3n) is 2.95. The van der Waals surface area contributed by atoms with Crippen LogP contribution >= 0.6 is 0 Å². The molecule has 0 amide bonds. The minimum absolute atomic E-state index is 0.436. The van der Waals surface area contributed by atoms with E-state index in [1.165, 1.54) is 24.6 Å². The third kappa shape index (κ3) is 1.58. The first-order valence-corrected chi connectivity index (χ1v) is 5.41. The van der Waals surface area contributed by atoms with E-state index in [1.807, 2.05) is 30.1 Å². The van der Waals surface area contributed by atoms with Gasteiger partial charge in [0, 0.05) is 24.7 Å². The summed E-state index contributed by atoms with van der Waals surface area (Å²) in [4.78, 5) is 0. The maximum atomic E-state index is 5.82. The summed E-state index contributed by atoms with van der Waals surface area (Å²) in [6, 6.07) is 6.12. The summed E-state index contributed by atoms with van der Waals surface area (Å²) in [5.41, 5.74) is 1.01. The van der Waals surface area contributed by atoms with E-state index in [0.717, 1.165) is 11.3 Å². The number of ether oxygens (including phenoxy) is 1. The van der Waals surface area contributed by atoms with Crippen molar-refractivity contribution in [2.24, 2.45) is 7.05 Å². The first-order chi connectivity index (χ1) is 7.31. The zero-order chi connectivity index (χ0) is 10.3. The summed E-state index contributed by atoms with van der Waals surface area (Å²) >= 11 is 0. The van der Waals surface area contributed by atoms with E-state index in [1.54, 1.807) is 0 Å². The molecule has 2 aromatic rings. The lowest BCUT2D eigenvalue weighted by atomic mass is 9.96. The fourth-order valence-electron chi connectivity index (χ4n) is 1.87. The summed E-state index contributed by atoms with van der Waals surface area (Å²) in [5, 5.41) is 5.53. The topological polar surface area (TPSA) is 27.1 Å². The van der Waals surface area contributed by atoms with E-state index in [2.05, 4.69) is 11.2 Å². The molecule has 3 rings (SSSR count). The molecule has 0 spiro atoms. The molecule has 0 atom stereocenters. The van der Waals surface area contributed by atoms with Crippen LogP contribution in [0.5, 0.6) is 5.75 Å². The lowest BCUT2D eigenvalue weighted by Crippen LogP contribution is -2.24. The van der Waals surface area contributed by atoms with Gasteiger partial charge >= 0.3 is 0 Å². The van der Waals surface area contributed by atoms with Gasteiger partial charge in [-0.25, -0.2) is 0 Å². The fraction of sp³-hybridized carbons (Fsp3) is 0.417. The molecule has 1 aliphatic rings. The molecule has 1 aromatic heterocycles. The second-order valence-corrected chi connectivity index (χ2v) is 4.19. The van der Waals surface area contributed by atoms with Crippen LogP contribution in [0.25, 0.3) is 10.9 Å². The molecule has 3 nitrogen and oxygen atoms in total. The Hall–Kier alpha value is -1.51. The molecule has 0 saturated heterocycles. The van der Waals surface area contributed by atoms with Gasteiger partial charge in [0.25, 0.3) is 0 Å². The molecule has 0 unspecified atom stereocenters. The molecular formula is C12H14N2O. The normalized spacial score (nSPS) is 16.6. The number of aromatic nitrogens is 2. The molecule has 78 valence electrons. The fourth-order valence-corrected chi connectivity index (χ4v) is 1.87. The number of aryl methyl sites for hydroxylation is 1. The van der Waals surface area contributed by atoms with E-state index >= 15 is 0 Å². The molecule has 1 saturated carbocycles. The smallest absolute Gasteiger partial charge is 0.121 e. The lowest BCUT2D eigenvalue weighted by molar-refractivity contribution is 0.120. The Bertz CT molecular complexity index is 485. The van der Waals surface area contributed by atoms with E-state index in [0.29, 0.717) is 6.10 Å². The van der Waals surface area contributed by atoms with E-state index in [9.17, 15) is 0 Å². The van der Waals surface area contributed by atoms with Gasteiger partial charge in [-0.3, -0.25) is 4.68 Å². The zero-order valence-corrected chi connectivity index (χ0v) is 8.81. The van der Waals surface area contributed by atoms with Crippen molar-refractivity contribution < 1.29 is 4.74 Å². The molecule has 15 heavy (non-hydrogen) atoms. The highest BCUT2D eigenvalue weighted by molar-refractivity contribution is 5.79. The number of fused-ring (bicyclic) bond motifs is 1. The Labute approximate surface area is 88.7 Å². The zero-order valence-electron chi connectivity index (χ0n) is 8.81. The first kappa shape index (κ1) is 8.77. The average Bonchev–Trinajstić information content (AvgIpc) is 2.50. The quantitative estimate of drug-likeness (QED) is 0.748. The number of benzene rings is 1. The Balaban J connectivity index is 1.90. The Morgan fingerprint density at radius 3 is 3.00 bits per heavy atom. The molecule has 0 aliphatic heterocycles. The highest BCUT2D eigenvalue weighted by Crippen LogP contribution is 2.26. The largest absolute Gasteiger partial charge is 0.490 e. The van der Waals surface area contributed by atoms with E-state index in [-0.39, 0.29) is 0 Å². The van der Waals surface area contributed by atoms with Gasteiger partial charge in [-0.15, -0.1) is 0 Å². The minimum Gasteiger partial charge on any atom is -0.490 e. The molecule has 1 aromatic carbocycles. The maximum Gasteiger partial charge on any atom is 0.121 e. The van der Waals surface area contributed by atoms with Crippen molar-refractivity contribution in [2.45, 2.75) is 25.4 Å². The standard InChI is InChI=1S/C12H14N2O/c1-14-8-9-5-6-11(7-12(9)13-14)15-10-3-2-4-10/h5-8,10H,2-4H2,1H3. The maximum absolute atomic E-state index is 5.82. The summed E-state index contributed by atoms with van der Waals surface area (Å²) in [5.74, 6) is 0.950. The van der Waals surface area contributed by atoms with Gasteiger partial charge < -0.3 is 4.74 Å². The number of nitrogens with zero attached hydrogens (tertiary/aromatic N) is 2. The third-order valence-corrected chi connectivity index (χ3v) is 2.95. The first-order valence-electron chi connectivity index (χ1n) is 5.41. The number of hydrogen-bond donors (Lipinski definition) is 0. The molecular weight excluding hydrogens is 188 g/mol. The molecule has 1 fully saturated rings. The van der Waals surface area contributed by atoms with E-state index in [4.69, 9.17) is 4.74 Å². The van der Waals surface area contributed by atoms with Crippen LogP contribution in [-0.4, -0.2) is 15.9 Å². The van der Waals surface area contributed by atoms with Gasteiger partial charge in [0.2, 0.25) is 0 Å². The summed E-state index contributed by atoms with van der Waals surface area (Å²) in [7, 11) is 1.94. The SMILES string of the molecule is Cn1cc2ccc(OC3CCC3)cc2n1. The summed E-state index contributed by atoms with van der Waals surface area (Å²) in [6.07, 6.45) is 6.14. The molecule has 0 radical (unpaired) electrons. The van der Waals surface area contributed by atoms with Crippen LogP contribution in [0.4, 0.5) is 0 Å². The van der Waals surface area contributed by atoms with Gasteiger partial charge in [0.05, 0.1) is 11.6 Å². The Morgan fingerprint density at radius 1 is 1.40 bits per heavy atom. The van der Waals surface area contributed by atoms with Gasteiger partial charge in [0.15, 0.2) is 0 Å². The molecule has 0 bridgehead atoms. The highest BCUT2D eigenvalue weighted by Gasteiger charge is 2.19. The van der Waals surface area contributed by atoms with Gasteiger partial charge in [-0.05, 0) is 31.4 Å². The predicted molar refractivity (Wildman–Crippen MR) is 59.0 cm³/mol. The lowest BCUT2D eigenvalue weighted by Gasteiger charge is -2.26. The van der Waals surface area contributed by atoms with Crippen LogP contribution in [0.1, 0.15) is 19.3 Å². The van der Waals surface area contributed by atoms with Crippen LogP contribution in [-0.2, 0) is 7.05 Å². The van der Waals surface area contributed by atoms with Gasteiger partial charge in [-0.2, -0.15) is 5.10 Å². The van der Waals surface area contributed by atoms with E-state index < -0.39 is 0 Å². The average molecular weight is 202 g/mol. The summed E-state index contributed by atoms with van der Waals surface area (Å²) < 4.78 is 7.65. The molecule has 0 N–H and O–H groups in total. The van der Waals surface area contributed by atoms with Crippen molar-refractivity contribution >= 4 is 10.9 Å². The number of rotatable bonds is 2. The summed E-state index contributed by atoms with van der Waals surface area (Å²) in [6.45, 7) is 0. The van der Waals surface area contributed by atoms with Crippen molar-refractivity contribution in [2.75, 3.05) is 0 Å². The predicted octanol–water partition coefficient (Wildman–Crippen LogP) is 2.50. The Kier molecular flexibility index (Phi) is 1.91. The second-order valence-electron chi connectivity index (χ2n) is 4.19. The van der Waals surface area contributed by atoms with Crippen LogP contribution in [0.2, 0.25) is 0 Å². The van der Waals surface area contributed by atoms with Crippen LogP contribution in [0.3, 0.4) is 0 Å². The number of hydrogen-bond acceptors (Lipinski definition) is 2. The van der Waals surface area contributed by atoms with Crippen molar-refractivity contribution in [1.29, 1.82) is 0 Å². The van der Waals surface area contributed by atoms with Crippen molar-refractivity contribution in [1.82, 2.24) is 9.78 Å². The van der Waals surface area contributed by atoms with Crippen molar-refractivity contribution in [3.05, 3.63) is 24.4 Å². The van der Waals surface area contributed by atoms with Crippen LogP contribution < -0.4 is 4.74 Å². The monoisotopic (exact) mass is 202 g/mol. The van der Waals surface area contributed by atoms with Gasteiger partial charge in [-0.1, -0.05) is 0 Å². The minimum atomic E-state index is 0.436. The van der Waals surface area contributed by atoms with Crippen molar-refractivity contribution in [3.63, 3.8) is 0 Å². The molecule has 1 aliphatic carbocycles. The highest BCUT2D eigenvalue weighted by atomic mass is 16.5. The molecule has 3 heteroatoms.